The van der Waals surface area contributed by atoms with Crippen LogP contribution in [-0.4, -0.2) is 19.3 Å². The van der Waals surface area contributed by atoms with Crippen molar-refractivity contribution in [3.05, 3.63) is 17.7 Å². The average molecular weight is 203 g/mol. The number of rotatable bonds is 3. The van der Waals surface area contributed by atoms with Crippen molar-refractivity contribution in [1.82, 2.24) is 0 Å². The molecule has 0 saturated carbocycles. The molecule has 0 amide bonds. The maximum Gasteiger partial charge on any atom is 0.203 e. The standard InChI is InChI=1S/C9H11ClO3/c1-12-8-4-6(5-10)3-7(11)9(8)13-2/h3-4,11H,5H2,1-2H3. The quantitative estimate of drug-likeness (QED) is 0.764. The van der Waals surface area contributed by atoms with Gasteiger partial charge in [0.2, 0.25) is 5.75 Å². The van der Waals surface area contributed by atoms with Crippen molar-refractivity contribution in [2.24, 2.45) is 0 Å². The Morgan fingerprint density at radius 2 is 2.00 bits per heavy atom. The number of aromatic hydroxyl groups is 1. The van der Waals surface area contributed by atoms with Crippen LogP contribution in [0.1, 0.15) is 5.56 Å². The van der Waals surface area contributed by atoms with Crippen LogP contribution in [0, 0.1) is 0 Å². The summed E-state index contributed by atoms with van der Waals surface area (Å²) >= 11 is 5.62. The van der Waals surface area contributed by atoms with Crippen LogP contribution in [0.5, 0.6) is 17.2 Å². The van der Waals surface area contributed by atoms with E-state index in [0.717, 1.165) is 5.56 Å². The smallest absolute Gasteiger partial charge is 0.203 e. The van der Waals surface area contributed by atoms with Crippen molar-refractivity contribution in [1.29, 1.82) is 0 Å². The molecule has 1 aromatic rings. The molecule has 4 heteroatoms. The number of methoxy groups -OCH3 is 2. The third kappa shape index (κ3) is 1.98. The molecule has 0 heterocycles. The molecule has 0 unspecified atom stereocenters. The molecule has 1 N–H and O–H groups in total. The molecule has 0 spiro atoms. The molecule has 13 heavy (non-hydrogen) atoms. The number of hydrogen-bond donors (Lipinski definition) is 1. The minimum atomic E-state index is 0.0394. The lowest BCUT2D eigenvalue weighted by Gasteiger charge is -2.10. The molecule has 1 rings (SSSR count). The molecule has 0 atom stereocenters. The van der Waals surface area contributed by atoms with E-state index < -0.39 is 0 Å². The van der Waals surface area contributed by atoms with E-state index in [2.05, 4.69) is 0 Å². The van der Waals surface area contributed by atoms with Gasteiger partial charge in [-0.1, -0.05) is 0 Å². The fourth-order valence-corrected chi connectivity index (χ4v) is 1.23. The Morgan fingerprint density at radius 1 is 1.31 bits per heavy atom. The number of ether oxygens (including phenoxy) is 2. The van der Waals surface area contributed by atoms with Gasteiger partial charge in [-0.05, 0) is 17.7 Å². The molecule has 1 aromatic carbocycles. The first-order valence-corrected chi connectivity index (χ1v) is 4.26. The van der Waals surface area contributed by atoms with Crippen LogP contribution in [0.15, 0.2) is 12.1 Å². The zero-order valence-electron chi connectivity index (χ0n) is 7.50. The van der Waals surface area contributed by atoms with E-state index in [9.17, 15) is 5.11 Å². The summed E-state index contributed by atoms with van der Waals surface area (Å²) in [6.45, 7) is 0. The van der Waals surface area contributed by atoms with Gasteiger partial charge in [0.25, 0.3) is 0 Å². The van der Waals surface area contributed by atoms with Gasteiger partial charge in [-0.2, -0.15) is 0 Å². The SMILES string of the molecule is COc1cc(CCl)cc(O)c1OC. The lowest BCUT2D eigenvalue weighted by atomic mass is 10.2. The third-order valence-electron chi connectivity index (χ3n) is 1.67. The van der Waals surface area contributed by atoms with E-state index in [1.807, 2.05) is 0 Å². The maximum atomic E-state index is 9.47. The molecular weight excluding hydrogens is 192 g/mol. The predicted octanol–water partition coefficient (Wildman–Crippen LogP) is 2.15. The molecule has 0 aliphatic carbocycles. The highest BCUT2D eigenvalue weighted by Gasteiger charge is 2.10. The van der Waals surface area contributed by atoms with Gasteiger partial charge in [0.1, 0.15) is 0 Å². The summed E-state index contributed by atoms with van der Waals surface area (Å²) < 4.78 is 9.96. The van der Waals surface area contributed by atoms with E-state index in [1.165, 1.54) is 14.2 Å². The average Bonchev–Trinajstić information content (AvgIpc) is 2.16. The molecule has 3 nitrogen and oxygen atoms in total. The van der Waals surface area contributed by atoms with Gasteiger partial charge in [-0.25, -0.2) is 0 Å². The van der Waals surface area contributed by atoms with Crippen molar-refractivity contribution in [3.63, 3.8) is 0 Å². The van der Waals surface area contributed by atoms with Crippen LogP contribution in [0.4, 0.5) is 0 Å². The summed E-state index contributed by atoms with van der Waals surface area (Å²) in [4.78, 5) is 0. The topological polar surface area (TPSA) is 38.7 Å². The second kappa shape index (κ2) is 4.23. The fraction of sp³-hybridized carbons (Fsp3) is 0.333. The number of halogens is 1. The van der Waals surface area contributed by atoms with E-state index in [0.29, 0.717) is 17.4 Å². The Hall–Kier alpha value is -1.09. The first kappa shape index (κ1) is 9.99. The zero-order valence-corrected chi connectivity index (χ0v) is 8.26. The Labute approximate surface area is 81.9 Å². The highest BCUT2D eigenvalue weighted by atomic mass is 35.5. The second-order valence-electron chi connectivity index (χ2n) is 2.48. The van der Waals surface area contributed by atoms with Gasteiger partial charge in [0, 0.05) is 5.88 Å². The number of hydrogen-bond acceptors (Lipinski definition) is 3. The van der Waals surface area contributed by atoms with Crippen molar-refractivity contribution < 1.29 is 14.6 Å². The molecule has 0 radical (unpaired) electrons. The molecule has 0 fully saturated rings. The Morgan fingerprint density at radius 3 is 2.46 bits per heavy atom. The van der Waals surface area contributed by atoms with Crippen molar-refractivity contribution in [2.75, 3.05) is 14.2 Å². The van der Waals surface area contributed by atoms with Gasteiger partial charge >= 0.3 is 0 Å². The molecule has 72 valence electrons. The zero-order chi connectivity index (χ0) is 9.84. The summed E-state index contributed by atoms with van der Waals surface area (Å²) in [6.07, 6.45) is 0. The number of phenolic OH excluding ortho intramolecular Hbond substituents is 1. The fourth-order valence-electron chi connectivity index (χ4n) is 1.08. The van der Waals surface area contributed by atoms with Crippen LogP contribution in [-0.2, 0) is 5.88 Å². The van der Waals surface area contributed by atoms with Crippen LogP contribution >= 0.6 is 11.6 Å². The molecule has 0 aliphatic heterocycles. The Balaban J connectivity index is 3.20. The lowest BCUT2D eigenvalue weighted by molar-refractivity contribution is 0.332. The predicted molar refractivity (Wildman–Crippen MR) is 50.8 cm³/mol. The first-order chi connectivity index (χ1) is 6.22. The number of benzene rings is 1. The molecule has 0 bridgehead atoms. The van der Waals surface area contributed by atoms with E-state index >= 15 is 0 Å². The molecule has 0 aromatic heterocycles. The van der Waals surface area contributed by atoms with E-state index in [1.54, 1.807) is 12.1 Å². The summed E-state index contributed by atoms with van der Waals surface area (Å²) in [5, 5.41) is 9.47. The van der Waals surface area contributed by atoms with Gasteiger partial charge < -0.3 is 14.6 Å². The van der Waals surface area contributed by atoms with Crippen LogP contribution in [0.3, 0.4) is 0 Å². The van der Waals surface area contributed by atoms with Gasteiger partial charge in [0.05, 0.1) is 14.2 Å². The minimum absolute atomic E-state index is 0.0394. The molecule has 0 saturated heterocycles. The highest BCUT2D eigenvalue weighted by molar-refractivity contribution is 6.17. The van der Waals surface area contributed by atoms with Crippen LogP contribution in [0.25, 0.3) is 0 Å². The molecular formula is C9H11ClO3. The highest BCUT2D eigenvalue weighted by Crippen LogP contribution is 2.37. The van der Waals surface area contributed by atoms with Crippen molar-refractivity contribution >= 4 is 11.6 Å². The maximum absolute atomic E-state index is 9.47. The van der Waals surface area contributed by atoms with Gasteiger partial charge in [-0.15, -0.1) is 11.6 Å². The van der Waals surface area contributed by atoms with Crippen LogP contribution in [0.2, 0.25) is 0 Å². The summed E-state index contributed by atoms with van der Waals surface area (Å²) in [7, 11) is 2.98. The Bertz CT molecular complexity index is 299. The van der Waals surface area contributed by atoms with Gasteiger partial charge in [0.15, 0.2) is 11.5 Å². The summed E-state index contributed by atoms with van der Waals surface area (Å²) in [6, 6.07) is 3.28. The summed E-state index contributed by atoms with van der Waals surface area (Å²) in [5.74, 6) is 1.18. The lowest BCUT2D eigenvalue weighted by Crippen LogP contribution is -1.92. The van der Waals surface area contributed by atoms with E-state index in [4.69, 9.17) is 21.1 Å². The second-order valence-corrected chi connectivity index (χ2v) is 2.75. The van der Waals surface area contributed by atoms with Crippen LogP contribution < -0.4 is 9.47 Å². The van der Waals surface area contributed by atoms with E-state index in [-0.39, 0.29) is 5.75 Å². The molecule has 0 aliphatic rings. The largest absolute Gasteiger partial charge is 0.504 e. The third-order valence-corrected chi connectivity index (χ3v) is 1.98. The number of alkyl halides is 1. The first-order valence-electron chi connectivity index (χ1n) is 3.72. The van der Waals surface area contributed by atoms with Crippen molar-refractivity contribution in [2.45, 2.75) is 5.88 Å². The summed E-state index contributed by atoms with van der Waals surface area (Å²) in [5.41, 5.74) is 0.789. The van der Waals surface area contributed by atoms with Gasteiger partial charge in [-0.3, -0.25) is 0 Å². The Kier molecular flexibility index (Phi) is 3.25. The minimum Gasteiger partial charge on any atom is -0.504 e. The van der Waals surface area contributed by atoms with Crippen molar-refractivity contribution in [3.8, 4) is 17.2 Å². The normalized spacial score (nSPS) is 9.77. The monoisotopic (exact) mass is 202 g/mol. The number of phenols is 1.